The number of nitrogens with zero attached hydrogens (tertiary/aromatic N) is 8. The Labute approximate surface area is 250 Å². The molecule has 0 saturated heterocycles. The summed E-state index contributed by atoms with van der Waals surface area (Å²) in [4.78, 5) is 27.5. The zero-order valence-electron chi connectivity index (χ0n) is 21.0. The van der Waals surface area contributed by atoms with Gasteiger partial charge in [0.15, 0.2) is 5.69 Å². The maximum atomic E-state index is 12.2. The van der Waals surface area contributed by atoms with Gasteiger partial charge in [0.05, 0.1) is 12.1 Å². The van der Waals surface area contributed by atoms with Crippen molar-refractivity contribution in [3.8, 4) is 22.5 Å². The summed E-state index contributed by atoms with van der Waals surface area (Å²) < 4.78 is 6.45. The summed E-state index contributed by atoms with van der Waals surface area (Å²) in [7, 11) is 1.29. The van der Waals surface area contributed by atoms with Gasteiger partial charge in [-0.3, -0.25) is 0 Å². The number of carbonyl (C=O) groups is 1. The van der Waals surface area contributed by atoms with Crippen molar-refractivity contribution in [2.45, 2.75) is 19.9 Å². The Bertz CT molecular complexity index is 1660. The molecule has 0 fully saturated rings. The van der Waals surface area contributed by atoms with Crippen LogP contribution in [0.4, 0.5) is 5.82 Å². The molecule has 0 atom stereocenters. The number of hydrogen-bond donors (Lipinski definition) is 0. The number of carbonyl (C=O) groups excluding carboxylic acids is 1. The number of halogens is 2. The van der Waals surface area contributed by atoms with E-state index in [1.54, 1.807) is 2.61 Å². The molecule has 0 amide bonds. The first-order valence-corrected chi connectivity index (χ1v) is 14.7. The third-order valence-electron chi connectivity index (χ3n) is 5.98. The molecular formula is C26H21Cl2N8O2Tl. The summed E-state index contributed by atoms with van der Waals surface area (Å²) in [6.45, 7) is 3.26. The van der Waals surface area contributed by atoms with Crippen molar-refractivity contribution in [1.29, 1.82) is 0 Å². The number of aromatic nitrogens is 7. The minimum absolute atomic E-state index is 0.0425. The number of esters is 1. The molecular weight excluding hydrogens is 732 g/mol. The van der Waals surface area contributed by atoms with E-state index in [2.05, 4.69) is 66.5 Å². The Balaban J connectivity index is 1.50. The predicted octanol–water partition coefficient (Wildman–Crippen LogP) is 4.79. The van der Waals surface area contributed by atoms with Gasteiger partial charge in [0.1, 0.15) is 11.0 Å². The first-order chi connectivity index (χ1) is 18.9. The summed E-state index contributed by atoms with van der Waals surface area (Å²) in [6.07, 6.45) is 0.841. The van der Waals surface area contributed by atoms with Gasteiger partial charge in [-0.2, -0.15) is 4.98 Å². The molecule has 13 heteroatoms. The number of pyridine rings is 1. The van der Waals surface area contributed by atoms with Crippen LogP contribution in [0.25, 0.3) is 33.5 Å². The van der Waals surface area contributed by atoms with Crippen LogP contribution in [-0.4, -0.2) is 78.7 Å². The van der Waals surface area contributed by atoms with Crippen LogP contribution in [0.5, 0.6) is 0 Å². The van der Waals surface area contributed by atoms with Crippen molar-refractivity contribution >= 4 is 72.1 Å². The summed E-state index contributed by atoms with van der Waals surface area (Å²) in [5.74, 6) is 0.500. The molecule has 0 saturated carbocycles. The van der Waals surface area contributed by atoms with Gasteiger partial charge in [-0.1, -0.05) is 18.5 Å². The van der Waals surface area contributed by atoms with Gasteiger partial charge in [-0.15, -0.1) is 0 Å². The Morgan fingerprint density at radius 3 is 2.44 bits per heavy atom. The molecule has 0 bridgehead atoms. The van der Waals surface area contributed by atoms with E-state index in [9.17, 15) is 4.79 Å². The molecule has 39 heavy (non-hydrogen) atoms. The Morgan fingerprint density at radius 2 is 1.77 bits per heavy atom. The Hall–Kier alpha value is -3.23. The topological polar surface area (TPSA) is 112 Å². The summed E-state index contributed by atoms with van der Waals surface area (Å²) >= 11 is 13.2. The van der Waals surface area contributed by atoms with E-state index >= 15 is 0 Å². The van der Waals surface area contributed by atoms with Crippen LogP contribution in [0.15, 0.2) is 54.6 Å². The second-order valence-corrected chi connectivity index (χ2v) is 11.1. The van der Waals surface area contributed by atoms with Crippen molar-refractivity contribution in [2.75, 3.05) is 18.6 Å². The second-order valence-electron chi connectivity index (χ2n) is 8.59. The van der Waals surface area contributed by atoms with E-state index in [1.165, 1.54) is 13.2 Å². The Morgan fingerprint density at radius 1 is 1.03 bits per heavy atom. The molecule has 0 N–H and O–H groups in total. The summed E-state index contributed by atoms with van der Waals surface area (Å²) in [5, 5.41) is 13.0. The molecule has 5 aromatic rings. The predicted molar refractivity (Wildman–Crippen MR) is 150 cm³/mol. The van der Waals surface area contributed by atoms with Gasteiger partial charge in [-0.05, 0) is 24.1 Å². The first-order valence-electron chi connectivity index (χ1n) is 12.0. The van der Waals surface area contributed by atoms with Crippen molar-refractivity contribution in [2.24, 2.45) is 0 Å². The number of rotatable bonds is 8. The van der Waals surface area contributed by atoms with Crippen LogP contribution < -0.4 is 4.90 Å². The minimum atomic E-state index is -0.600. The van der Waals surface area contributed by atoms with Crippen molar-refractivity contribution in [3.63, 3.8) is 0 Å². The molecule has 0 aliphatic heterocycles. The fraction of sp³-hybridized carbons (Fsp3) is 0.192. The van der Waals surface area contributed by atoms with Crippen molar-refractivity contribution in [1.82, 2.24) is 33.0 Å². The SMILES string of the molecule is CCCN(Cc1ccc(-c2ccccc2-c2nn[n]([Tl])n2)cc1)c1nc(Cl)nc2c(Cl)cc(C(=O)OC)nc12. The standard InChI is InChI=1S/C26H21Cl2N8O2.Tl/c1-3-12-36(24-22-21(30-26(28)31-24)19(27)13-20(29-22)25(37)38-2)14-15-8-10-16(11-9-15)17-6-4-5-7-18(17)23-32-34-35-33-23;/h4-11,13H,3,12,14H2,1-2H3;/q-1;+1. The number of ether oxygens (including phenoxy) is 1. The zero-order valence-corrected chi connectivity index (χ0v) is 27.0. The zero-order chi connectivity index (χ0) is 27.5. The van der Waals surface area contributed by atoms with Gasteiger partial charge < -0.3 is 4.74 Å². The van der Waals surface area contributed by atoms with Gasteiger partial charge in [0.25, 0.3) is 0 Å². The van der Waals surface area contributed by atoms with Crippen LogP contribution in [0.1, 0.15) is 29.4 Å². The van der Waals surface area contributed by atoms with Gasteiger partial charge in [0.2, 0.25) is 5.28 Å². The first kappa shape index (κ1) is 27.3. The van der Waals surface area contributed by atoms with Gasteiger partial charge in [-0.25, -0.2) is 14.8 Å². The van der Waals surface area contributed by atoms with E-state index in [0.29, 0.717) is 61.8 Å². The van der Waals surface area contributed by atoms with Crippen LogP contribution >= 0.6 is 23.2 Å². The number of tetrazole rings is 1. The fourth-order valence-electron chi connectivity index (χ4n) is 4.26. The quantitative estimate of drug-likeness (QED) is 0.126. The third kappa shape index (κ3) is 5.87. The molecule has 194 valence electrons. The normalized spacial score (nSPS) is 11.1. The van der Waals surface area contributed by atoms with Crippen molar-refractivity contribution < 1.29 is 9.53 Å². The number of fused-ring (bicyclic) bond motifs is 1. The van der Waals surface area contributed by atoms with Crippen LogP contribution in [0.2, 0.25) is 10.3 Å². The van der Waals surface area contributed by atoms with E-state index in [1.807, 2.05) is 24.3 Å². The minimum Gasteiger partial charge on any atom is -0.464 e. The smallest absolute Gasteiger partial charge is 0.464 e. The molecule has 0 unspecified atom stereocenters. The molecule has 5 rings (SSSR count). The van der Waals surface area contributed by atoms with Crippen molar-refractivity contribution in [3.05, 3.63) is 76.2 Å². The molecule has 3 aromatic heterocycles. The second kappa shape index (κ2) is 11.9. The molecule has 2 aromatic carbocycles. The van der Waals surface area contributed by atoms with E-state index in [4.69, 9.17) is 27.9 Å². The van der Waals surface area contributed by atoms with E-state index in [0.717, 1.165) is 28.7 Å². The molecule has 10 nitrogen and oxygen atoms in total. The molecule has 0 radical (unpaired) electrons. The van der Waals surface area contributed by atoms with E-state index < -0.39 is 5.97 Å². The number of methoxy groups -OCH3 is 1. The number of anilines is 1. The summed E-state index contributed by atoms with van der Waals surface area (Å²) in [6, 6.07) is 17.7. The van der Waals surface area contributed by atoms with Gasteiger partial charge in [0, 0.05) is 0 Å². The number of benzene rings is 2. The molecule has 0 spiro atoms. The monoisotopic (exact) mass is 752 g/mol. The summed E-state index contributed by atoms with van der Waals surface area (Å²) in [5.41, 5.74) is 4.86. The van der Waals surface area contributed by atoms with Crippen LogP contribution in [0.3, 0.4) is 0 Å². The van der Waals surface area contributed by atoms with Crippen LogP contribution in [-0.2, 0) is 11.3 Å². The molecule has 0 aliphatic rings. The van der Waals surface area contributed by atoms with Crippen LogP contribution in [0, 0.1) is 0 Å². The Kier molecular flexibility index (Phi) is 8.33. The van der Waals surface area contributed by atoms with E-state index in [-0.39, 0.29) is 16.0 Å². The average Bonchev–Trinajstić information content (AvgIpc) is 3.38. The molecule has 0 aliphatic carbocycles. The molecule has 3 heterocycles. The van der Waals surface area contributed by atoms with Gasteiger partial charge >= 0.3 is 150 Å². The maximum absolute atomic E-state index is 12.2. The third-order valence-corrected chi connectivity index (χ3v) is 7.29. The number of hydrogen-bond acceptors (Lipinski definition) is 9. The fourth-order valence-corrected chi connectivity index (χ4v) is 5.28. The average molecular weight is 753 g/mol.